The van der Waals surface area contributed by atoms with Crippen molar-refractivity contribution < 1.29 is 4.74 Å². The Kier molecular flexibility index (Phi) is 5.51. The smallest absolute Gasteiger partial charge is 0.225 e. The Bertz CT molecular complexity index is 865. The molecule has 0 unspecified atom stereocenters. The molecule has 0 saturated carbocycles. The molecule has 27 heavy (non-hydrogen) atoms. The largest absolute Gasteiger partial charge is 0.457 e. The monoisotopic (exact) mass is 380 g/mol. The normalized spacial score (nSPS) is 14.9. The lowest BCUT2D eigenvalue weighted by Crippen LogP contribution is -2.46. The van der Waals surface area contributed by atoms with Gasteiger partial charge in [0.05, 0.1) is 0 Å². The molecule has 1 aromatic heterocycles. The third kappa shape index (κ3) is 4.76. The fraction of sp³-hybridized carbons (Fsp3) is 0.238. The van der Waals surface area contributed by atoms with E-state index in [1.54, 1.807) is 12.4 Å². The summed E-state index contributed by atoms with van der Waals surface area (Å²) >= 11 is 5.93. The summed E-state index contributed by atoms with van der Waals surface area (Å²) in [6.45, 7) is 4.75. The van der Waals surface area contributed by atoms with Gasteiger partial charge >= 0.3 is 0 Å². The quantitative estimate of drug-likeness (QED) is 0.662. The summed E-state index contributed by atoms with van der Waals surface area (Å²) in [4.78, 5) is 13.4. The number of ether oxygens (including phenoxy) is 1. The second-order valence-electron chi connectivity index (χ2n) is 6.52. The number of aromatic nitrogens is 2. The van der Waals surface area contributed by atoms with E-state index in [1.165, 1.54) is 5.56 Å². The predicted octanol–water partition coefficient (Wildman–Crippen LogP) is 4.24. The Morgan fingerprint density at radius 2 is 1.59 bits per heavy atom. The molecular formula is C21H21ClN4O. The van der Waals surface area contributed by atoms with Crippen molar-refractivity contribution in [2.45, 2.75) is 6.54 Å². The van der Waals surface area contributed by atoms with Crippen molar-refractivity contribution in [3.05, 3.63) is 77.6 Å². The van der Waals surface area contributed by atoms with Crippen LogP contribution in [0.4, 0.5) is 5.95 Å². The van der Waals surface area contributed by atoms with Gasteiger partial charge in [0.2, 0.25) is 5.95 Å². The highest BCUT2D eigenvalue weighted by atomic mass is 35.5. The highest BCUT2D eigenvalue weighted by molar-refractivity contribution is 6.30. The van der Waals surface area contributed by atoms with Crippen LogP contribution in [0.5, 0.6) is 11.5 Å². The molecule has 0 atom stereocenters. The van der Waals surface area contributed by atoms with E-state index in [1.807, 2.05) is 42.5 Å². The fourth-order valence-corrected chi connectivity index (χ4v) is 3.29. The molecule has 2 aromatic carbocycles. The SMILES string of the molecule is Clc1ccc(Oc2cccc(CN3CCN(c4ncccn4)CC3)c2)cc1. The van der Waals surface area contributed by atoms with E-state index < -0.39 is 0 Å². The zero-order valence-corrected chi connectivity index (χ0v) is 15.7. The molecule has 0 aliphatic carbocycles. The molecule has 0 radical (unpaired) electrons. The maximum absolute atomic E-state index is 5.94. The third-order valence-electron chi connectivity index (χ3n) is 4.56. The number of hydrogen-bond acceptors (Lipinski definition) is 5. The Morgan fingerprint density at radius 3 is 2.33 bits per heavy atom. The minimum atomic E-state index is 0.705. The minimum Gasteiger partial charge on any atom is -0.457 e. The summed E-state index contributed by atoms with van der Waals surface area (Å²) in [7, 11) is 0. The first-order chi connectivity index (χ1) is 13.3. The standard InChI is InChI=1S/C21H21ClN4O/c22-18-5-7-19(8-6-18)27-20-4-1-3-17(15-20)16-25-11-13-26(14-12-25)21-23-9-2-10-24-21/h1-10,15H,11-14,16H2. The van der Waals surface area contributed by atoms with E-state index in [4.69, 9.17) is 16.3 Å². The topological polar surface area (TPSA) is 41.5 Å². The Hall–Kier alpha value is -2.63. The molecule has 0 bridgehead atoms. The van der Waals surface area contributed by atoms with Gasteiger partial charge in [-0.1, -0.05) is 23.7 Å². The predicted molar refractivity (Wildman–Crippen MR) is 107 cm³/mol. The number of nitrogens with zero attached hydrogens (tertiary/aromatic N) is 4. The lowest BCUT2D eigenvalue weighted by Gasteiger charge is -2.34. The van der Waals surface area contributed by atoms with Crippen LogP contribution >= 0.6 is 11.6 Å². The maximum atomic E-state index is 5.94. The van der Waals surface area contributed by atoms with E-state index >= 15 is 0 Å². The lowest BCUT2D eigenvalue weighted by molar-refractivity contribution is 0.248. The molecule has 1 aliphatic heterocycles. The zero-order valence-electron chi connectivity index (χ0n) is 15.0. The summed E-state index contributed by atoms with van der Waals surface area (Å²) in [5.74, 6) is 2.44. The van der Waals surface area contributed by atoms with Crippen LogP contribution in [-0.4, -0.2) is 41.0 Å². The van der Waals surface area contributed by atoms with Crippen molar-refractivity contribution >= 4 is 17.5 Å². The minimum absolute atomic E-state index is 0.705. The Balaban J connectivity index is 1.34. The van der Waals surface area contributed by atoms with Gasteiger partial charge in [0.1, 0.15) is 11.5 Å². The molecule has 1 aliphatic rings. The van der Waals surface area contributed by atoms with Gasteiger partial charge in [0, 0.05) is 50.1 Å². The number of piperazine rings is 1. The Labute approximate surface area is 164 Å². The fourth-order valence-electron chi connectivity index (χ4n) is 3.16. The Morgan fingerprint density at radius 1 is 0.852 bits per heavy atom. The van der Waals surface area contributed by atoms with E-state index in [0.29, 0.717) is 5.02 Å². The average molecular weight is 381 g/mol. The van der Waals surface area contributed by atoms with Crippen molar-refractivity contribution in [1.29, 1.82) is 0 Å². The number of halogens is 1. The molecule has 138 valence electrons. The van der Waals surface area contributed by atoms with Crippen LogP contribution in [0.15, 0.2) is 67.0 Å². The first kappa shape index (κ1) is 17.8. The molecule has 4 rings (SSSR count). The molecule has 1 saturated heterocycles. The highest BCUT2D eigenvalue weighted by Gasteiger charge is 2.18. The molecule has 5 nitrogen and oxygen atoms in total. The molecule has 0 amide bonds. The zero-order chi connectivity index (χ0) is 18.5. The van der Waals surface area contributed by atoms with Crippen LogP contribution in [0.25, 0.3) is 0 Å². The van der Waals surface area contributed by atoms with E-state index in [-0.39, 0.29) is 0 Å². The first-order valence-corrected chi connectivity index (χ1v) is 9.41. The second kappa shape index (κ2) is 8.37. The van der Waals surface area contributed by atoms with E-state index in [0.717, 1.165) is 50.2 Å². The molecule has 2 heterocycles. The maximum Gasteiger partial charge on any atom is 0.225 e. The number of rotatable bonds is 5. The molecule has 0 N–H and O–H groups in total. The molecular weight excluding hydrogens is 360 g/mol. The van der Waals surface area contributed by atoms with Gasteiger partial charge < -0.3 is 9.64 Å². The van der Waals surface area contributed by atoms with Crippen LogP contribution in [0, 0.1) is 0 Å². The van der Waals surface area contributed by atoms with E-state index in [9.17, 15) is 0 Å². The van der Waals surface area contributed by atoms with Gasteiger partial charge in [-0.2, -0.15) is 0 Å². The van der Waals surface area contributed by atoms with Crippen LogP contribution in [-0.2, 0) is 6.54 Å². The van der Waals surface area contributed by atoms with Crippen LogP contribution in [0.3, 0.4) is 0 Å². The van der Waals surface area contributed by atoms with Gasteiger partial charge in [0.25, 0.3) is 0 Å². The molecule has 3 aromatic rings. The van der Waals surface area contributed by atoms with Crippen LogP contribution in [0.1, 0.15) is 5.56 Å². The van der Waals surface area contributed by atoms with Crippen LogP contribution in [0.2, 0.25) is 5.02 Å². The van der Waals surface area contributed by atoms with Gasteiger partial charge in [-0.3, -0.25) is 4.90 Å². The summed E-state index contributed by atoms with van der Waals surface area (Å²) in [6.07, 6.45) is 3.59. The summed E-state index contributed by atoms with van der Waals surface area (Å²) < 4.78 is 5.94. The van der Waals surface area contributed by atoms with Crippen molar-refractivity contribution in [3.63, 3.8) is 0 Å². The number of hydrogen-bond donors (Lipinski definition) is 0. The van der Waals surface area contributed by atoms with Crippen molar-refractivity contribution in [1.82, 2.24) is 14.9 Å². The molecule has 0 spiro atoms. The van der Waals surface area contributed by atoms with Crippen molar-refractivity contribution in [2.24, 2.45) is 0 Å². The summed E-state index contributed by atoms with van der Waals surface area (Å²) in [5, 5.41) is 0.705. The van der Waals surface area contributed by atoms with Gasteiger partial charge in [-0.25, -0.2) is 9.97 Å². The van der Waals surface area contributed by atoms with Crippen molar-refractivity contribution in [2.75, 3.05) is 31.1 Å². The summed E-state index contributed by atoms with van der Waals surface area (Å²) in [6, 6.07) is 17.5. The van der Waals surface area contributed by atoms with E-state index in [2.05, 4.69) is 31.9 Å². The molecule has 6 heteroatoms. The van der Waals surface area contributed by atoms with Gasteiger partial charge in [0.15, 0.2) is 0 Å². The summed E-state index contributed by atoms with van der Waals surface area (Å²) in [5.41, 5.74) is 1.24. The molecule has 1 fully saturated rings. The highest BCUT2D eigenvalue weighted by Crippen LogP contribution is 2.24. The number of benzene rings is 2. The second-order valence-corrected chi connectivity index (χ2v) is 6.95. The average Bonchev–Trinajstić information content (AvgIpc) is 2.71. The number of anilines is 1. The third-order valence-corrected chi connectivity index (χ3v) is 4.81. The van der Waals surface area contributed by atoms with Gasteiger partial charge in [-0.15, -0.1) is 0 Å². The van der Waals surface area contributed by atoms with Gasteiger partial charge in [-0.05, 0) is 48.0 Å². The van der Waals surface area contributed by atoms with Crippen LogP contribution < -0.4 is 9.64 Å². The first-order valence-electron chi connectivity index (χ1n) is 9.03. The van der Waals surface area contributed by atoms with Crippen molar-refractivity contribution in [3.8, 4) is 11.5 Å². The lowest BCUT2D eigenvalue weighted by atomic mass is 10.2.